The Bertz CT molecular complexity index is 1090. The zero-order valence-electron chi connectivity index (χ0n) is 13.6. The van der Waals surface area contributed by atoms with Gasteiger partial charge in [0.25, 0.3) is 0 Å². The topological polar surface area (TPSA) is 20.2 Å². The van der Waals surface area contributed by atoms with Gasteiger partial charge in [-0.15, -0.1) is 0 Å². The van der Waals surface area contributed by atoms with Gasteiger partial charge in [-0.2, -0.15) is 0 Å². The molecule has 0 saturated carbocycles. The third kappa shape index (κ3) is 2.17. The molecule has 0 aliphatic rings. The minimum atomic E-state index is 0.313. The molecule has 4 rings (SSSR count). The van der Waals surface area contributed by atoms with Gasteiger partial charge in [-0.1, -0.05) is 67.3 Å². The molecule has 24 heavy (non-hydrogen) atoms. The summed E-state index contributed by atoms with van der Waals surface area (Å²) in [4.78, 5) is 0. The lowest BCUT2D eigenvalue weighted by Crippen LogP contribution is -1.89. The second-order valence-corrected chi connectivity index (χ2v) is 6.12. The number of hydrogen-bond donors (Lipinski definition) is 1. The van der Waals surface area contributed by atoms with E-state index < -0.39 is 0 Å². The Kier molecular flexibility index (Phi) is 3.35. The number of fused-ring (bicyclic) bond motifs is 2. The van der Waals surface area contributed by atoms with E-state index in [1.165, 1.54) is 5.39 Å². The summed E-state index contributed by atoms with van der Waals surface area (Å²) in [6, 6.07) is 22.5. The summed E-state index contributed by atoms with van der Waals surface area (Å²) in [6.45, 7) is 5.94. The molecule has 0 aliphatic carbocycles. The standard InChI is InChI=1S/C23H18O/c1-3-16-9-12-20-18(14-16)11-13-21(24)23(20)22-15(2)8-10-17-6-4-5-7-19(17)22/h3-14,24H,1H2,2H3. The zero-order chi connectivity index (χ0) is 16.7. The number of rotatable bonds is 2. The zero-order valence-corrected chi connectivity index (χ0v) is 13.6. The van der Waals surface area contributed by atoms with E-state index in [-0.39, 0.29) is 0 Å². The van der Waals surface area contributed by atoms with E-state index in [9.17, 15) is 5.11 Å². The SMILES string of the molecule is C=Cc1ccc2c(-c3c(C)ccc4ccccc34)c(O)ccc2c1. The molecule has 0 radical (unpaired) electrons. The predicted octanol–water partition coefficient (Wildman–Crippen LogP) is 6.32. The Morgan fingerprint density at radius 2 is 1.54 bits per heavy atom. The summed E-state index contributed by atoms with van der Waals surface area (Å²) in [5.41, 5.74) is 4.23. The fourth-order valence-electron chi connectivity index (χ4n) is 3.44. The largest absolute Gasteiger partial charge is 0.507 e. The van der Waals surface area contributed by atoms with Gasteiger partial charge >= 0.3 is 0 Å². The number of phenols is 1. The third-order valence-corrected chi connectivity index (χ3v) is 4.64. The van der Waals surface area contributed by atoms with E-state index in [0.717, 1.165) is 38.4 Å². The van der Waals surface area contributed by atoms with Crippen molar-refractivity contribution in [2.75, 3.05) is 0 Å². The fraction of sp³-hybridized carbons (Fsp3) is 0.0435. The van der Waals surface area contributed by atoms with Crippen LogP contribution in [-0.4, -0.2) is 5.11 Å². The van der Waals surface area contributed by atoms with Gasteiger partial charge in [-0.3, -0.25) is 0 Å². The number of aryl methyl sites for hydroxylation is 1. The highest BCUT2D eigenvalue weighted by molar-refractivity contribution is 6.08. The first-order valence-corrected chi connectivity index (χ1v) is 8.06. The molecule has 1 N–H and O–H groups in total. The number of phenolic OH excluding ortho intramolecular Hbond substituents is 1. The summed E-state index contributed by atoms with van der Waals surface area (Å²) in [5.74, 6) is 0.313. The average Bonchev–Trinajstić information content (AvgIpc) is 2.62. The Labute approximate surface area is 141 Å². The van der Waals surface area contributed by atoms with E-state index in [0.29, 0.717) is 5.75 Å². The van der Waals surface area contributed by atoms with Crippen LogP contribution in [0, 0.1) is 6.92 Å². The Morgan fingerprint density at radius 3 is 2.38 bits per heavy atom. The Balaban J connectivity index is 2.16. The van der Waals surface area contributed by atoms with E-state index in [1.807, 2.05) is 30.3 Å². The fourth-order valence-corrected chi connectivity index (χ4v) is 3.44. The monoisotopic (exact) mass is 310 g/mol. The predicted molar refractivity (Wildman–Crippen MR) is 103 cm³/mol. The van der Waals surface area contributed by atoms with Crippen molar-refractivity contribution in [2.24, 2.45) is 0 Å². The van der Waals surface area contributed by atoms with E-state index >= 15 is 0 Å². The summed E-state index contributed by atoms with van der Waals surface area (Å²) in [6.07, 6.45) is 1.84. The minimum absolute atomic E-state index is 0.313. The molecule has 0 fully saturated rings. The third-order valence-electron chi connectivity index (χ3n) is 4.64. The van der Waals surface area contributed by atoms with Gasteiger partial charge in [0, 0.05) is 5.56 Å². The van der Waals surface area contributed by atoms with Crippen molar-refractivity contribution in [3.05, 3.63) is 84.4 Å². The van der Waals surface area contributed by atoms with Crippen LogP contribution in [0.3, 0.4) is 0 Å². The number of benzene rings is 4. The van der Waals surface area contributed by atoms with Crippen molar-refractivity contribution in [1.82, 2.24) is 0 Å². The molecule has 1 heteroatoms. The van der Waals surface area contributed by atoms with Crippen LogP contribution in [0.1, 0.15) is 11.1 Å². The van der Waals surface area contributed by atoms with Gasteiger partial charge < -0.3 is 5.11 Å². The molecule has 0 bridgehead atoms. The lowest BCUT2D eigenvalue weighted by molar-refractivity contribution is 0.478. The van der Waals surface area contributed by atoms with E-state index in [4.69, 9.17) is 0 Å². The van der Waals surface area contributed by atoms with Crippen LogP contribution in [0.25, 0.3) is 38.7 Å². The number of hydrogen-bond acceptors (Lipinski definition) is 1. The van der Waals surface area contributed by atoms with E-state index in [2.05, 4.69) is 49.9 Å². The van der Waals surface area contributed by atoms with Crippen LogP contribution >= 0.6 is 0 Å². The summed E-state index contributed by atoms with van der Waals surface area (Å²) < 4.78 is 0. The van der Waals surface area contributed by atoms with Crippen molar-refractivity contribution in [1.29, 1.82) is 0 Å². The van der Waals surface area contributed by atoms with Gasteiger partial charge in [-0.05, 0) is 57.3 Å². The molecule has 0 spiro atoms. The molecular formula is C23H18O. The average molecular weight is 310 g/mol. The normalized spacial score (nSPS) is 11.0. The first-order valence-electron chi connectivity index (χ1n) is 8.06. The van der Waals surface area contributed by atoms with Crippen LogP contribution in [0.2, 0.25) is 0 Å². The molecule has 0 saturated heterocycles. The first-order chi connectivity index (χ1) is 11.7. The highest BCUT2D eigenvalue weighted by Crippen LogP contribution is 2.41. The molecule has 4 aromatic rings. The second kappa shape index (κ2) is 5.54. The van der Waals surface area contributed by atoms with Crippen LogP contribution in [0.4, 0.5) is 0 Å². The van der Waals surface area contributed by atoms with Gasteiger partial charge in [0.1, 0.15) is 5.75 Å². The smallest absolute Gasteiger partial charge is 0.124 e. The first kappa shape index (κ1) is 14.5. The molecule has 0 atom stereocenters. The second-order valence-electron chi connectivity index (χ2n) is 6.12. The quantitative estimate of drug-likeness (QED) is 0.459. The lowest BCUT2D eigenvalue weighted by atomic mass is 9.89. The molecule has 0 aliphatic heterocycles. The molecule has 0 aromatic heterocycles. The number of aromatic hydroxyl groups is 1. The molecule has 1 nitrogen and oxygen atoms in total. The van der Waals surface area contributed by atoms with Gasteiger partial charge in [-0.25, -0.2) is 0 Å². The van der Waals surface area contributed by atoms with Crippen molar-refractivity contribution < 1.29 is 5.11 Å². The van der Waals surface area contributed by atoms with Gasteiger partial charge in [0.2, 0.25) is 0 Å². The Morgan fingerprint density at radius 1 is 0.792 bits per heavy atom. The van der Waals surface area contributed by atoms with Crippen LogP contribution in [0.15, 0.2) is 73.3 Å². The van der Waals surface area contributed by atoms with E-state index in [1.54, 1.807) is 6.07 Å². The van der Waals surface area contributed by atoms with Crippen molar-refractivity contribution in [3.8, 4) is 16.9 Å². The minimum Gasteiger partial charge on any atom is -0.507 e. The summed E-state index contributed by atoms with van der Waals surface area (Å²) in [5, 5.41) is 15.2. The maximum absolute atomic E-state index is 10.7. The summed E-state index contributed by atoms with van der Waals surface area (Å²) in [7, 11) is 0. The van der Waals surface area contributed by atoms with Crippen molar-refractivity contribution in [3.63, 3.8) is 0 Å². The molecule has 4 aromatic carbocycles. The highest BCUT2D eigenvalue weighted by atomic mass is 16.3. The van der Waals surface area contributed by atoms with Crippen LogP contribution < -0.4 is 0 Å². The molecule has 0 unspecified atom stereocenters. The van der Waals surface area contributed by atoms with Crippen molar-refractivity contribution >= 4 is 27.6 Å². The van der Waals surface area contributed by atoms with Crippen molar-refractivity contribution in [2.45, 2.75) is 6.92 Å². The van der Waals surface area contributed by atoms with Gasteiger partial charge in [0.05, 0.1) is 0 Å². The molecule has 0 heterocycles. The maximum Gasteiger partial charge on any atom is 0.124 e. The molecular weight excluding hydrogens is 292 g/mol. The Hall–Kier alpha value is -3.06. The maximum atomic E-state index is 10.7. The summed E-state index contributed by atoms with van der Waals surface area (Å²) >= 11 is 0. The molecule has 116 valence electrons. The van der Waals surface area contributed by atoms with Crippen LogP contribution in [-0.2, 0) is 0 Å². The lowest BCUT2D eigenvalue weighted by Gasteiger charge is -2.15. The van der Waals surface area contributed by atoms with Crippen LogP contribution in [0.5, 0.6) is 5.75 Å². The van der Waals surface area contributed by atoms with Gasteiger partial charge in [0.15, 0.2) is 0 Å². The molecule has 0 amide bonds. The highest BCUT2D eigenvalue weighted by Gasteiger charge is 2.14.